The van der Waals surface area contributed by atoms with Gasteiger partial charge in [-0.1, -0.05) is 6.07 Å². The second kappa shape index (κ2) is 23.7. The van der Waals surface area contributed by atoms with Crippen molar-refractivity contribution in [1.29, 1.82) is 0 Å². The molecule has 344 valence electrons. The summed E-state index contributed by atoms with van der Waals surface area (Å²) in [7, 11) is -0.308. The molecule has 6 rings (SSSR count). The van der Waals surface area contributed by atoms with Crippen LogP contribution in [0.25, 0.3) is 5.69 Å². The highest BCUT2D eigenvalue weighted by molar-refractivity contribution is 7.91. The zero-order valence-corrected chi connectivity index (χ0v) is 38.2. The number of amides is 3. The first-order valence-electron chi connectivity index (χ1n) is 22.7. The Kier molecular flexibility index (Phi) is 17.9. The summed E-state index contributed by atoms with van der Waals surface area (Å²) in [4.78, 5) is 61.5. The zero-order chi connectivity index (χ0) is 44.7. The quantitative estimate of drug-likeness (QED) is 0.0615. The van der Waals surface area contributed by atoms with Gasteiger partial charge in [0.2, 0.25) is 17.7 Å². The number of aryl methyl sites for hydroxylation is 4. The maximum Gasteiger partial charge on any atom is 0.304 e. The molecule has 16 heteroatoms. The van der Waals surface area contributed by atoms with Crippen molar-refractivity contribution in [3.8, 4) is 5.69 Å². The SMILES string of the molecule is C=[S-](=C)COCCC(=O)NCCCNC(=O)CCCC(=O)N1CCN(c2cc([C@@H](CC(=O)O)CN3CC[C@@H](CCc4ccc5c(n4)NCCC5)C3)cc(-n3nc(C)cc3C)c2)CC1. The molecule has 0 bridgehead atoms. The average Bonchev–Trinajstić information content (AvgIpc) is 3.87. The van der Waals surface area contributed by atoms with Gasteiger partial charge in [-0.05, 0) is 119 Å². The Labute approximate surface area is 374 Å². The van der Waals surface area contributed by atoms with E-state index in [1.165, 1.54) is 5.56 Å². The number of benzene rings is 1. The molecule has 3 amide bonds. The Morgan fingerprint density at radius 2 is 1.71 bits per heavy atom. The predicted molar refractivity (Wildman–Crippen MR) is 252 cm³/mol. The topological polar surface area (TPSA) is 174 Å². The number of carbonyl (C=O) groups excluding carboxylic acids is 3. The summed E-state index contributed by atoms with van der Waals surface area (Å²) < 4.78 is 7.28. The molecule has 0 spiro atoms. The highest BCUT2D eigenvalue weighted by atomic mass is 32.2. The number of nitrogens with zero attached hydrogens (tertiary/aromatic N) is 6. The maximum absolute atomic E-state index is 13.2. The monoisotopic (exact) mass is 887 g/mol. The number of anilines is 2. The van der Waals surface area contributed by atoms with Crippen molar-refractivity contribution in [2.45, 2.75) is 90.4 Å². The van der Waals surface area contributed by atoms with Gasteiger partial charge in [-0.2, -0.15) is 5.10 Å². The lowest BCUT2D eigenvalue weighted by Gasteiger charge is -2.37. The summed E-state index contributed by atoms with van der Waals surface area (Å²) >= 11 is 0. The highest BCUT2D eigenvalue weighted by Crippen LogP contribution is 2.32. The number of piperazine rings is 1. The Morgan fingerprint density at radius 3 is 2.44 bits per heavy atom. The minimum absolute atomic E-state index is 0.0257. The largest absolute Gasteiger partial charge is 0.481 e. The number of carbonyl (C=O) groups is 4. The number of pyridine rings is 1. The van der Waals surface area contributed by atoms with Crippen molar-refractivity contribution in [2.75, 3.05) is 88.2 Å². The first-order chi connectivity index (χ1) is 30.4. The summed E-state index contributed by atoms with van der Waals surface area (Å²) in [5, 5.41) is 24.1. The van der Waals surface area contributed by atoms with Crippen LogP contribution in [0, 0.1) is 19.8 Å². The number of carboxylic acids is 1. The number of fused-ring (bicyclic) bond motifs is 1. The number of nitrogens with one attached hydrogen (secondary N) is 3. The van der Waals surface area contributed by atoms with Crippen LogP contribution in [-0.4, -0.2) is 143 Å². The molecule has 5 heterocycles. The summed E-state index contributed by atoms with van der Waals surface area (Å²) in [5.41, 5.74) is 7.22. The third kappa shape index (κ3) is 14.8. The van der Waals surface area contributed by atoms with E-state index in [0.29, 0.717) is 83.5 Å². The Morgan fingerprint density at radius 1 is 0.952 bits per heavy atom. The van der Waals surface area contributed by atoms with E-state index >= 15 is 0 Å². The summed E-state index contributed by atoms with van der Waals surface area (Å²) in [6.07, 6.45) is 7.25. The van der Waals surface area contributed by atoms with E-state index in [-0.39, 0.29) is 53.0 Å². The first kappa shape index (κ1) is 47.5. The fourth-order valence-corrected chi connectivity index (χ4v) is 9.22. The second-order valence-corrected chi connectivity index (χ2v) is 18.8. The Bertz CT molecular complexity index is 2110. The van der Waals surface area contributed by atoms with Crippen molar-refractivity contribution < 1.29 is 29.0 Å². The fraction of sp³-hybridized carbons (Fsp3) is 0.574. The standard InChI is InChI=1S/C47H68N9O6S/c1-34-26-35(2)56(52-34)42-28-38(39(29-46(60)61)32-53-20-15-36(31-53)11-13-40-14-12-37-8-6-17-50-47(37)51-40)27-41(30-42)54-21-23-55(24-22-54)45(59)10-5-9-43(57)48-18-7-19-49-44(58)16-25-62-33-63(3)4/h12,14,26-28,30,36,39H,3-11,13,15-25,29,31-33H2,1-2H3,(H,48,57)(H,49,58)(H,50,51)(H,60,61)/q-1/t36-,39+/m1/s1. The fourth-order valence-electron chi connectivity index (χ4n) is 8.87. The summed E-state index contributed by atoms with van der Waals surface area (Å²) in [5.74, 6) is 8.36. The molecule has 2 aromatic heterocycles. The van der Waals surface area contributed by atoms with Gasteiger partial charge in [0.05, 0.1) is 24.4 Å². The number of ether oxygens (including phenoxy) is 1. The van der Waals surface area contributed by atoms with E-state index in [1.807, 2.05) is 29.5 Å². The number of hydrogen-bond donors (Lipinski definition) is 4. The molecular formula is C47H68N9O6S-. The Balaban J connectivity index is 0.991. The van der Waals surface area contributed by atoms with Gasteiger partial charge in [-0.15, -0.1) is 0 Å². The molecular weight excluding hydrogens is 819 g/mol. The molecule has 3 aromatic rings. The van der Waals surface area contributed by atoms with E-state index in [4.69, 9.17) is 14.8 Å². The minimum atomic E-state index is -0.817. The maximum atomic E-state index is 13.2. The van der Waals surface area contributed by atoms with E-state index in [9.17, 15) is 24.3 Å². The smallest absolute Gasteiger partial charge is 0.304 e. The molecule has 0 saturated carbocycles. The van der Waals surface area contributed by atoms with E-state index in [0.717, 1.165) is 91.6 Å². The molecule has 0 radical (unpaired) electrons. The van der Waals surface area contributed by atoms with E-state index < -0.39 is 5.97 Å². The Hall–Kier alpha value is -4.93. The number of hydrogen-bond acceptors (Lipinski definition) is 11. The van der Waals surface area contributed by atoms with Gasteiger partial charge in [0.25, 0.3) is 0 Å². The van der Waals surface area contributed by atoms with Crippen LogP contribution in [-0.2, 0) is 46.8 Å². The number of aromatic nitrogens is 3. The van der Waals surface area contributed by atoms with Crippen LogP contribution < -0.4 is 20.9 Å². The minimum Gasteiger partial charge on any atom is -0.481 e. The molecule has 2 atom stereocenters. The van der Waals surface area contributed by atoms with Crippen LogP contribution in [0.3, 0.4) is 0 Å². The molecule has 3 aliphatic heterocycles. The van der Waals surface area contributed by atoms with Crippen LogP contribution in [0.4, 0.5) is 11.5 Å². The molecule has 63 heavy (non-hydrogen) atoms. The van der Waals surface area contributed by atoms with Crippen molar-refractivity contribution in [3.05, 3.63) is 64.6 Å². The molecule has 15 nitrogen and oxygen atoms in total. The van der Waals surface area contributed by atoms with Gasteiger partial charge in [0.1, 0.15) is 5.82 Å². The molecule has 4 N–H and O–H groups in total. The van der Waals surface area contributed by atoms with Gasteiger partial charge < -0.3 is 50.6 Å². The lowest BCUT2D eigenvalue weighted by atomic mass is 9.93. The van der Waals surface area contributed by atoms with Crippen LogP contribution in [0.2, 0.25) is 0 Å². The molecule has 3 aliphatic rings. The lowest BCUT2D eigenvalue weighted by molar-refractivity contribution is -0.137. The van der Waals surface area contributed by atoms with Gasteiger partial charge in [-0.3, -0.25) is 19.2 Å². The third-order valence-electron chi connectivity index (χ3n) is 12.2. The number of carboxylic acid groups (broad SMARTS) is 1. The van der Waals surface area contributed by atoms with Gasteiger partial charge in [-0.25, -0.2) is 21.4 Å². The van der Waals surface area contributed by atoms with Crippen LogP contribution in [0.5, 0.6) is 0 Å². The zero-order valence-electron chi connectivity index (χ0n) is 37.4. The summed E-state index contributed by atoms with van der Waals surface area (Å²) in [6, 6.07) is 12.8. The van der Waals surface area contributed by atoms with Crippen LogP contribution >= 0.6 is 0 Å². The molecule has 2 saturated heterocycles. The molecule has 1 aromatic carbocycles. The van der Waals surface area contributed by atoms with Gasteiger partial charge in [0, 0.05) is 101 Å². The van der Waals surface area contributed by atoms with E-state index in [2.05, 4.69) is 67.8 Å². The third-order valence-corrected chi connectivity index (χ3v) is 12.7. The van der Waals surface area contributed by atoms with Crippen molar-refractivity contribution >= 4 is 57.0 Å². The second-order valence-electron chi connectivity index (χ2n) is 17.4. The number of likely N-dealkylation sites (tertiary alicyclic amines) is 1. The number of rotatable bonds is 23. The molecule has 0 aliphatic carbocycles. The van der Waals surface area contributed by atoms with Gasteiger partial charge in [0.15, 0.2) is 0 Å². The van der Waals surface area contributed by atoms with Crippen LogP contribution in [0.1, 0.15) is 91.9 Å². The number of aliphatic carboxylic acids is 1. The average molecular weight is 887 g/mol. The molecule has 2 fully saturated rings. The van der Waals surface area contributed by atoms with Crippen molar-refractivity contribution in [2.24, 2.45) is 5.92 Å². The van der Waals surface area contributed by atoms with Crippen molar-refractivity contribution in [3.63, 3.8) is 0 Å². The lowest BCUT2D eigenvalue weighted by Crippen LogP contribution is -2.48. The normalized spacial score (nSPS) is 17.0. The molecule has 0 unspecified atom stereocenters. The van der Waals surface area contributed by atoms with Crippen molar-refractivity contribution in [1.82, 2.24) is 35.2 Å². The summed E-state index contributed by atoms with van der Waals surface area (Å²) in [6.45, 7) is 11.2. The van der Waals surface area contributed by atoms with E-state index in [1.54, 1.807) is 0 Å². The van der Waals surface area contributed by atoms with Crippen LogP contribution in [0.15, 0.2) is 36.4 Å². The highest BCUT2D eigenvalue weighted by Gasteiger charge is 2.29. The first-order valence-corrected chi connectivity index (χ1v) is 24.4. The van der Waals surface area contributed by atoms with Gasteiger partial charge >= 0.3 is 5.97 Å². The predicted octanol–water partition coefficient (Wildman–Crippen LogP) is 4.04.